The summed E-state index contributed by atoms with van der Waals surface area (Å²) < 4.78 is 26.5. The van der Waals surface area contributed by atoms with Crippen LogP contribution in [0.15, 0.2) is 52.2 Å². The number of thioether (sulfide) groups is 1. The normalized spacial score (nSPS) is 15.8. The van der Waals surface area contributed by atoms with E-state index in [2.05, 4.69) is 22.8 Å². The number of nitriles is 1. The highest BCUT2D eigenvalue weighted by Gasteiger charge is 2.33. The van der Waals surface area contributed by atoms with E-state index in [1.165, 1.54) is 23.9 Å². The highest BCUT2D eigenvalue weighted by atomic mass is 32.2. The Balaban J connectivity index is 1.47. The highest BCUT2D eigenvalue weighted by molar-refractivity contribution is 8.26. The van der Waals surface area contributed by atoms with Crippen LogP contribution in [0.5, 0.6) is 11.5 Å². The number of carbonyl (C=O) groups is 1. The Labute approximate surface area is 284 Å². The van der Waals surface area contributed by atoms with E-state index in [-0.39, 0.29) is 22.8 Å². The van der Waals surface area contributed by atoms with Crippen molar-refractivity contribution in [3.8, 4) is 17.6 Å². The zero-order valence-corrected chi connectivity index (χ0v) is 28.7. The zero-order valence-electron chi connectivity index (χ0n) is 27.0. The zero-order chi connectivity index (χ0) is 33.7. The molecule has 246 valence electrons. The van der Waals surface area contributed by atoms with Gasteiger partial charge in [-0.15, -0.1) is 0 Å². The number of piperazine rings is 1. The van der Waals surface area contributed by atoms with Crippen LogP contribution in [-0.2, 0) is 17.8 Å². The van der Waals surface area contributed by atoms with Gasteiger partial charge in [0.05, 0.1) is 19.1 Å². The maximum Gasteiger partial charge on any atom is 0.270 e. The minimum Gasteiger partial charge on any atom is -0.493 e. The first kappa shape index (κ1) is 34.0. The third-order valence-corrected chi connectivity index (χ3v) is 9.95. The molecule has 2 fully saturated rings. The number of anilines is 2. The van der Waals surface area contributed by atoms with Gasteiger partial charge in [0, 0.05) is 50.5 Å². The Morgan fingerprint density at radius 1 is 1.00 bits per heavy atom. The first-order valence-electron chi connectivity index (χ1n) is 15.6. The predicted molar refractivity (Wildman–Crippen MR) is 189 cm³/mol. The molecule has 12 heteroatoms. The molecule has 3 aromatic rings. The number of carbonyl (C=O) groups excluding carboxylic acids is 1. The van der Waals surface area contributed by atoms with Crippen molar-refractivity contribution in [3.05, 3.63) is 85.8 Å². The summed E-state index contributed by atoms with van der Waals surface area (Å²) in [6.45, 7) is 7.17. The average molecular weight is 676 g/mol. The lowest BCUT2D eigenvalue weighted by molar-refractivity contribution is -0.122. The minimum absolute atomic E-state index is 0.0741. The van der Waals surface area contributed by atoms with Crippen LogP contribution in [0.3, 0.4) is 0 Å². The summed E-state index contributed by atoms with van der Waals surface area (Å²) in [6, 6.07) is 14.2. The first-order chi connectivity index (χ1) is 22.7. The molecule has 0 spiro atoms. The molecule has 1 amide bonds. The van der Waals surface area contributed by atoms with Crippen molar-refractivity contribution in [3.63, 3.8) is 0 Å². The topological polar surface area (TPSA) is 91.0 Å². The molecule has 3 heterocycles. The number of unbranched alkanes of at least 4 members (excludes halogenated alkanes) is 1. The monoisotopic (exact) mass is 675 g/mol. The van der Waals surface area contributed by atoms with E-state index in [1.807, 2.05) is 18.2 Å². The Morgan fingerprint density at radius 3 is 2.32 bits per heavy atom. The lowest BCUT2D eigenvalue weighted by Crippen LogP contribution is -2.48. The van der Waals surface area contributed by atoms with Crippen LogP contribution >= 0.6 is 24.0 Å². The summed E-state index contributed by atoms with van der Waals surface area (Å²) in [7, 11) is 3.17. The second-order valence-corrected chi connectivity index (χ2v) is 13.1. The number of benzene rings is 2. The van der Waals surface area contributed by atoms with E-state index in [9.17, 15) is 19.2 Å². The van der Waals surface area contributed by atoms with Gasteiger partial charge >= 0.3 is 0 Å². The first-order valence-corrected chi connectivity index (χ1v) is 16.8. The summed E-state index contributed by atoms with van der Waals surface area (Å²) >= 11 is 6.89. The van der Waals surface area contributed by atoms with Crippen LogP contribution in [0.25, 0.3) is 6.08 Å². The van der Waals surface area contributed by atoms with Crippen molar-refractivity contribution in [2.75, 3.05) is 56.7 Å². The van der Waals surface area contributed by atoms with Gasteiger partial charge in [-0.1, -0.05) is 43.4 Å². The fraction of sp³-hybridized carbons (Fsp3) is 0.371. The van der Waals surface area contributed by atoms with Crippen LogP contribution in [0.2, 0.25) is 0 Å². The number of pyridine rings is 1. The fourth-order valence-corrected chi connectivity index (χ4v) is 7.23. The van der Waals surface area contributed by atoms with E-state index in [4.69, 9.17) is 21.7 Å². The third-order valence-electron chi connectivity index (χ3n) is 8.57. The minimum atomic E-state index is -0.325. The Morgan fingerprint density at radius 2 is 1.68 bits per heavy atom. The van der Waals surface area contributed by atoms with Gasteiger partial charge in [0.25, 0.3) is 11.5 Å². The molecular formula is C35H38FN5O4S2. The highest BCUT2D eigenvalue weighted by Crippen LogP contribution is 2.37. The fourth-order valence-electron chi connectivity index (χ4n) is 5.94. The molecule has 0 bridgehead atoms. The van der Waals surface area contributed by atoms with Crippen LogP contribution in [0, 0.1) is 24.1 Å². The smallest absolute Gasteiger partial charge is 0.270 e. The van der Waals surface area contributed by atoms with Crippen LogP contribution in [0.4, 0.5) is 15.9 Å². The van der Waals surface area contributed by atoms with E-state index in [0.29, 0.717) is 83.4 Å². The largest absolute Gasteiger partial charge is 0.493 e. The van der Waals surface area contributed by atoms with Gasteiger partial charge in [0.1, 0.15) is 27.6 Å². The summed E-state index contributed by atoms with van der Waals surface area (Å²) in [5.41, 5.74) is 2.87. The number of rotatable bonds is 11. The molecule has 0 atom stereocenters. The number of hydrogen-bond donors (Lipinski definition) is 0. The van der Waals surface area contributed by atoms with E-state index < -0.39 is 0 Å². The lowest BCUT2D eigenvalue weighted by Gasteiger charge is -2.39. The van der Waals surface area contributed by atoms with Crippen molar-refractivity contribution < 1.29 is 18.7 Å². The van der Waals surface area contributed by atoms with Crippen molar-refractivity contribution in [2.45, 2.75) is 39.7 Å². The van der Waals surface area contributed by atoms with Crippen molar-refractivity contribution in [1.29, 1.82) is 5.26 Å². The van der Waals surface area contributed by atoms with Crippen molar-refractivity contribution in [2.24, 2.45) is 0 Å². The number of amides is 1. The van der Waals surface area contributed by atoms with Crippen LogP contribution in [0.1, 0.15) is 42.0 Å². The Kier molecular flexibility index (Phi) is 10.9. The predicted octanol–water partition coefficient (Wildman–Crippen LogP) is 5.76. The molecule has 9 nitrogen and oxygen atoms in total. The maximum atomic E-state index is 13.8. The van der Waals surface area contributed by atoms with Gasteiger partial charge in [-0.05, 0) is 73.4 Å². The molecule has 0 N–H and O–H groups in total. The summed E-state index contributed by atoms with van der Waals surface area (Å²) in [5.74, 6) is 1.45. The molecule has 2 aromatic carbocycles. The van der Waals surface area contributed by atoms with Gasteiger partial charge in [0.2, 0.25) is 0 Å². The van der Waals surface area contributed by atoms with Crippen LogP contribution < -0.4 is 24.8 Å². The lowest BCUT2D eigenvalue weighted by atomic mass is 10.0. The molecule has 2 saturated heterocycles. The molecule has 0 radical (unpaired) electrons. The number of hydrogen-bond acceptors (Lipinski definition) is 9. The van der Waals surface area contributed by atoms with Crippen molar-refractivity contribution in [1.82, 2.24) is 9.47 Å². The molecule has 0 aliphatic carbocycles. The molecule has 5 rings (SSSR count). The Hall–Kier alpha value is -4.34. The number of aromatic nitrogens is 1. The standard InChI is InChI=1S/C35H38FN5O4S2/c1-5-6-14-40-32(39-18-16-38(17-19-39)26-10-8-25(36)9-11-26)27(23(2)28(22-37)33(40)42)21-31-34(43)41(35(46)47-31)15-13-24-7-12-29(44-3)30(20-24)45-4/h7-12,20-21H,5-6,13-19H2,1-4H3/b31-21-. The van der Waals surface area contributed by atoms with Gasteiger partial charge in [-0.2, -0.15) is 5.26 Å². The molecule has 2 aliphatic rings. The molecular weight excluding hydrogens is 638 g/mol. The third kappa shape index (κ3) is 7.16. The number of nitrogens with zero attached hydrogens (tertiary/aromatic N) is 5. The second kappa shape index (κ2) is 15.0. The van der Waals surface area contributed by atoms with Gasteiger partial charge in [-0.25, -0.2) is 4.39 Å². The molecule has 1 aromatic heterocycles. The number of methoxy groups -OCH3 is 2. The van der Waals surface area contributed by atoms with Gasteiger partial charge in [-0.3, -0.25) is 19.1 Å². The van der Waals surface area contributed by atoms with E-state index >= 15 is 0 Å². The van der Waals surface area contributed by atoms with E-state index in [0.717, 1.165) is 24.1 Å². The van der Waals surface area contributed by atoms with Crippen LogP contribution in [-0.4, -0.2) is 66.6 Å². The quantitative estimate of drug-likeness (QED) is 0.186. The second-order valence-electron chi connectivity index (χ2n) is 11.4. The molecule has 0 saturated carbocycles. The average Bonchev–Trinajstić information content (AvgIpc) is 3.35. The molecule has 47 heavy (non-hydrogen) atoms. The summed E-state index contributed by atoms with van der Waals surface area (Å²) in [5, 5.41) is 10.1. The van der Waals surface area contributed by atoms with E-state index in [1.54, 1.807) is 48.8 Å². The number of halogens is 1. The molecule has 2 aliphatic heterocycles. The maximum absolute atomic E-state index is 13.8. The molecule has 0 unspecified atom stereocenters. The SMILES string of the molecule is CCCCn1c(N2CCN(c3ccc(F)cc3)CC2)c(/C=C2\SC(=S)N(CCc3ccc(OC)c(OC)c3)C2=O)c(C)c(C#N)c1=O. The number of ether oxygens (including phenoxy) is 2. The summed E-state index contributed by atoms with van der Waals surface area (Å²) in [4.78, 5) is 33.9. The number of thiocarbonyl (C=S) groups is 1. The van der Waals surface area contributed by atoms with Crippen molar-refractivity contribution >= 4 is 51.8 Å². The Bertz CT molecular complexity index is 1790. The van der Waals surface area contributed by atoms with Gasteiger partial charge in [0.15, 0.2) is 11.5 Å². The summed E-state index contributed by atoms with van der Waals surface area (Å²) in [6.07, 6.45) is 3.99. The van der Waals surface area contributed by atoms with Gasteiger partial charge < -0.3 is 19.3 Å².